The molecule has 0 aromatic rings. The Kier molecular flexibility index (Phi) is 4.49. The maximum Gasteiger partial charge on any atom is 0.339 e. The molecular weight excluding hydrogens is 175 g/mol. The van der Waals surface area contributed by atoms with Crippen LogP contribution < -0.4 is 0 Å². The number of hydrogen-bond acceptors (Lipinski definition) is 2. The first-order valence-corrected chi connectivity index (χ1v) is 3.50. The Morgan fingerprint density at radius 3 is 2.50 bits per heavy atom. The second kappa shape index (κ2) is 4.58. The van der Waals surface area contributed by atoms with Crippen LogP contribution in [0, 0.1) is 0 Å². The van der Waals surface area contributed by atoms with Crippen molar-refractivity contribution >= 4 is 29.2 Å². The lowest BCUT2D eigenvalue weighted by Gasteiger charge is -2.02. The van der Waals surface area contributed by atoms with Gasteiger partial charge in [-0.05, 0) is 12.5 Å². The van der Waals surface area contributed by atoms with E-state index in [-0.39, 0.29) is 6.61 Å². The van der Waals surface area contributed by atoms with Crippen LogP contribution in [0.25, 0.3) is 0 Å². The molecule has 0 atom stereocenters. The summed E-state index contributed by atoms with van der Waals surface area (Å²) in [7, 11) is 0. The van der Waals surface area contributed by atoms with Crippen LogP contribution in [0.3, 0.4) is 0 Å². The largest absolute Gasteiger partial charge is 0.459 e. The fraction of sp³-hybridized carbons (Fsp3) is 0.500. The number of alkyl halides is 2. The molecule has 0 N–H and O–H groups in total. The minimum absolute atomic E-state index is 0.175. The SMILES string of the molecule is C=C(C)COC(=O)C(Cl)Cl. The number of halogens is 2. The van der Waals surface area contributed by atoms with E-state index in [0.29, 0.717) is 0 Å². The molecule has 0 aromatic carbocycles. The summed E-state index contributed by atoms with van der Waals surface area (Å²) in [5.74, 6) is -0.633. The van der Waals surface area contributed by atoms with E-state index >= 15 is 0 Å². The Morgan fingerprint density at radius 1 is 1.70 bits per heavy atom. The van der Waals surface area contributed by atoms with Gasteiger partial charge >= 0.3 is 5.97 Å². The molecule has 10 heavy (non-hydrogen) atoms. The van der Waals surface area contributed by atoms with Crippen LogP contribution in [-0.4, -0.2) is 17.4 Å². The normalized spacial score (nSPS) is 9.60. The Labute approximate surface area is 69.8 Å². The molecule has 0 bridgehead atoms. The fourth-order valence-electron chi connectivity index (χ4n) is 0.257. The van der Waals surface area contributed by atoms with E-state index < -0.39 is 10.8 Å². The van der Waals surface area contributed by atoms with Crippen LogP contribution in [0.2, 0.25) is 0 Å². The molecule has 58 valence electrons. The summed E-state index contributed by atoms with van der Waals surface area (Å²) in [6, 6.07) is 0. The topological polar surface area (TPSA) is 26.3 Å². The molecule has 0 heterocycles. The van der Waals surface area contributed by atoms with Gasteiger partial charge in [0.1, 0.15) is 6.61 Å². The zero-order valence-electron chi connectivity index (χ0n) is 5.56. The Hall–Kier alpha value is -0.210. The van der Waals surface area contributed by atoms with Crippen molar-refractivity contribution in [2.24, 2.45) is 0 Å². The Bertz CT molecular complexity index is 143. The Morgan fingerprint density at radius 2 is 2.20 bits per heavy atom. The maximum atomic E-state index is 10.5. The third-order valence-electron chi connectivity index (χ3n) is 0.639. The van der Waals surface area contributed by atoms with Crippen LogP contribution in [0.1, 0.15) is 6.92 Å². The third kappa shape index (κ3) is 4.65. The highest BCUT2D eigenvalue weighted by molar-refractivity contribution is 6.52. The van der Waals surface area contributed by atoms with E-state index in [1.807, 2.05) is 0 Å². The van der Waals surface area contributed by atoms with E-state index in [1.165, 1.54) is 0 Å². The molecule has 0 unspecified atom stereocenters. The molecule has 0 aliphatic carbocycles. The minimum Gasteiger partial charge on any atom is -0.459 e. The highest BCUT2D eigenvalue weighted by Gasteiger charge is 2.11. The monoisotopic (exact) mass is 182 g/mol. The summed E-state index contributed by atoms with van der Waals surface area (Å²) < 4.78 is 4.56. The van der Waals surface area contributed by atoms with Crippen molar-refractivity contribution in [2.45, 2.75) is 11.8 Å². The quantitative estimate of drug-likeness (QED) is 0.379. The van der Waals surface area contributed by atoms with Gasteiger partial charge in [0.05, 0.1) is 0 Å². The predicted octanol–water partition coefficient (Wildman–Crippen LogP) is 1.91. The van der Waals surface area contributed by atoms with E-state index in [9.17, 15) is 4.79 Å². The highest BCUT2D eigenvalue weighted by Crippen LogP contribution is 2.04. The number of rotatable bonds is 3. The van der Waals surface area contributed by atoms with E-state index in [1.54, 1.807) is 6.92 Å². The van der Waals surface area contributed by atoms with Crippen LogP contribution in [-0.2, 0) is 9.53 Å². The lowest BCUT2D eigenvalue weighted by molar-refractivity contribution is -0.140. The van der Waals surface area contributed by atoms with Crippen LogP contribution in [0.15, 0.2) is 12.2 Å². The summed E-state index contributed by atoms with van der Waals surface area (Å²) in [4.78, 5) is 9.42. The summed E-state index contributed by atoms with van der Waals surface area (Å²) in [5.41, 5.74) is 0.752. The zero-order valence-corrected chi connectivity index (χ0v) is 7.08. The minimum atomic E-state index is -1.10. The van der Waals surface area contributed by atoms with Crippen LogP contribution >= 0.6 is 23.2 Å². The van der Waals surface area contributed by atoms with Gasteiger partial charge in [-0.25, -0.2) is 4.79 Å². The van der Waals surface area contributed by atoms with Gasteiger partial charge < -0.3 is 4.74 Å². The molecule has 0 aromatic heterocycles. The molecule has 0 rings (SSSR count). The van der Waals surface area contributed by atoms with Crippen molar-refractivity contribution in [1.82, 2.24) is 0 Å². The van der Waals surface area contributed by atoms with Crippen molar-refractivity contribution in [3.63, 3.8) is 0 Å². The van der Waals surface area contributed by atoms with E-state index in [0.717, 1.165) is 5.57 Å². The number of esters is 1. The van der Waals surface area contributed by atoms with Crippen LogP contribution in [0.5, 0.6) is 0 Å². The van der Waals surface area contributed by atoms with Gasteiger partial charge in [0.15, 0.2) is 0 Å². The number of carbonyl (C=O) groups excluding carboxylic acids is 1. The third-order valence-corrected chi connectivity index (χ3v) is 0.995. The van der Waals surface area contributed by atoms with Crippen molar-refractivity contribution in [3.05, 3.63) is 12.2 Å². The summed E-state index contributed by atoms with van der Waals surface area (Å²) in [6.07, 6.45) is 0. The van der Waals surface area contributed by atoms with Gasteiger partial charge in [-0.1, -0.05) is 29.8 Å². The van der Waals surface area contributed by atoms with Gasteiger partial charge in [-0.2, -0.15) is 0 Å². The molecule has 4 heteroatoms. The molecule has 0 saturated heterocycles. The van der Waals surface area contributed by atoms with Gasteiger partial charge in [-0.15, -0.1) is 0 Å². The molecule has 2 nitrogen and oxygen atoms in total. The Balaban J connectivity index is 3.50. The smallest absolute Gasteiger partial charge is 0.339 e. The molecule has 0 fully saturated rings. The zero-order chi connectivity index (χ0) is 8.15. The molecule has 0 spiro atoms. The van der Waals surface area contributed by atoms with E-state index in [2.05, 4.69) is 11.3 Å². The average molecular weight is 183 g/mol. The highest BCUT2D eigenvalue weighted by atomic mass is 35.5. The molecule has 0 aliphatic rings. The first-order chi connectivity index (χ1) is 4.54. The van der Waals surface area contributed by atoms with Crippen LogP contribution in [0.4, 0.5) is 0 Å². The second-order valence-electron chi connectivity index (χ2n) is 1.87. The molecule has 0 amide bonds. The van der Waals surface area contributed by atoms with Crippen molar-refractivity contribution in [2.75, 3.05) is 6.61 Å². The maximum absolute atomic E-state index is 10.5. The first-order valence-electron chi connectivity index (χ1n) is 2.63. The van der Waals surface area contributed by atoms with Crippen molar-refractivity contribution in [3.8, 4) is 0 Å². The molecule has 0 saturated carbocycles. The second-order valence-corrected chi connectivity index (χ2v) is 2.96. The van der Waals surface area contributed by atoms with Gasteiger partial charge in [0.2, 0.25) is 4.84 Å². The van der Waals surface area contributed by atoms with Gasteiger partial charge in [0.25, 0.3) is 0 Å². The van der Waals surface area contributed by atoms with Gasteiger partial charge in [-0.3, -0.25) is 0 Å². The number of ether oxygens (including phenoxy) is 1. The van der Waals surface area contributed by atoms with Crippen molar-refractivity contribution in [1.29, 1.82) is 0 Å². The lowest BCUT2D eigenvalue weighted by atomic mass is 10.4. The first kappa shape index (κ1) is 9.79. The van der Waals surface area contributed by atoms with Gasteiger partial charge in [0, 0.05) is 0 Å². The van der Waals surface area contributed by atoms with Crippen molar-refractivity contribution < 1.29 is 9.53 Å². The number of carbonyl (C=O) groups is 1. The fourth-order valence-corrected chi connectivity index (χ4v) is 0.383. The summed E-state index contributed by atoms with van der Waals surface area (Å²) in [6.45, 7) is 5.44. The number of hydrogen-bond donors (Lipinski definition) is 0. The average Bonchev–Trinajstić information content (AvgIpc) is 1.82. The summed E-state index contributed by atoms with van der Waals surface area (Å²) >= 11 is 10.3. The molecule has 0 radical (unpaired) electrons. The molecule has 0 aliphatic heterocycles. The lowest BCUT2D eigenvalue weighted by Crippen LogP contribution is -2.13. The predicted molar refractivity (Wildman–Crippen MR) is 41.3 cm³/mol. The summed E-state index contributed by atoms with van der Waals surface area (Å²) in [5, 5.41) is 0. The molecular formula is C6H8Cl2O2. The standard InChI is InChI=1S/C6H8Cl2O2/c1-4(2)3-10-6(9)5(7)8/h5H,1,3H2,2H3. The van der Waals surface area contributed by atoms with E-state index in [4.69, 9.17) is 23.2 Å².